The average molecular weight is 387 g/mol. The second-order valence-electron chi connectivity index (χ2n) is 5.26. The zero-order chi connectivity index (χ0) is 19.5. The second-order valence-corrected chi connectivity index (χ2v) is 7.12. The number of sulfonamides is 1. The van der Waals surface area contributed by atoms with Gasteiger partial charge in [0.25, 0.3) is 10.0 Å². The minimum Gasteiger partial charge on any atom is -0.497 e. The van der Waals surface area contributed by atoms with Gasteiger partial charge in [-0.2, -0.15) is 13.2 Å². The van der Waals surface area contributed by atoms with E-state index in [1.54, 1.807) is 0 Å². The average Bonchev–Trinajstić information content (AvgIpc) is 2.59. The third-order valence-electron chi connectivity index (χ3n) is 3.44. The molecule has 2 aromatic rings. The van der Waals surface area contributed by atoms with Gasteiger partial charge in [-0.1, -0.05) is 0 Å². The summed E-state index contributed by atoms with van der Waals surface area (Å²) in [5.41, 5.74) is 4.38. The number of rotatable bonds is 6. The second kappa shape index (κ2) is 7.24. The van der Waals surface area contributed by atoms with Gasteiger partial charge in [0, 0.05) is 0 Å². The number of alkyl halides is 3. The lowest BCUT2D eigenvalue weighted by molar-refractivity contribution is -0.137. The summed E-state index contributed by atoms with van der Waals surface area (Å²) in [7, 11) is -2.72. The van der Waals surface area contributed by atoms with Crippen molar-refractivity contribution in [1.82, 2.24) is 0 Å². The molecular formula is C16H16F3N3O3S. The van der Waals surface area contributed by atoms with Crippen molar-refractivity contribution in [1.29, 1.82) is 5.41 Å². The van der Waals surface area contributed by atoms with Crippen LogP contribution >= 0.6 is 0 Å². The molecule has 3 N–H and O–H groups in total. The van der Waals surface area contributed by atoms with Crippen molar-refractivity contribution in [3.63, 3.8) is 0 Å². The first kappa shape index (κ1) is 19.6. The molecule has 0 unspecified atom stereocenters. The summed E-state index contributed by atoms with van der Waals surface area (Å²) in [6.07, 6.45) is -4.54. The molecule has 0 heterocycles. The van der Waals surface area contributed by atoms with Gasteiger partial charge in [0.15, 0.2) is 0 Å². The number of nitrogens with zero attached hydrogens (tertiary/aromatic N) is 1. The number of ether oxygens (including phenoxy) is 1. The normalized spacial score (nSPS) is 11.8. The molecule has 0 saturated heterocycles. The van der Waals surface area contributed by atoms with Gasteiger partial charge in [0.05, 0.1) is 29.8 Å². The molecule has 0 aromatic heterocycles. The van der Waals surface area contributed by atoms with Gasteiger partial charge in [-0.15, -0.1) is 0 Å². The van der Waals surface area contributed by atoms with Crippen molar-refractivity contribution in [2.24, 2.45) is 5.73 Å². The summed E-state index contributed by atoms with van der Waals surface area (Å²) in [6, 6.07) is 9.05. The lowest BCUT2D eigenvalue weighted by Gasteiger charge is -2.24. The molecule has 2 rings (SSSR count). The van der Waals surface area contributed by atoms with Gasteiger partial charge >= 0.3 is 6.18 Å². The molecule has 0 radical (unpaired) electrons. The van der Waals surface area contributed by atoms with E-state index in [0.717, 1.165) is 28.6 Å². The summed E-state index contributed by atoms with van der Waals surface area (Å²) in [5, 5.41) is 7.39. The zero-order valence-corrected chi connectivity index (χ0v) is 14.4. The van der Waals surface area contributed by atoms with Crippen molar-refractivity contribution in [2.75, 3.05) is 18.0 Å². The molecule has 0 saturated carbocycles. The number of hydrogen-bond donors (Lipinski definition) is 2. The quantitative estimate of drug-likeness (QED) is 0.588. The summed E-state index contributed by atoms with van der Waals surface area (Å²) >= 11 is 0. The fourth-order valence-corrected chi connectivity index (χ4v) is 3.60. The number of nitrogens with two attached hydrogens (primary N) is 1. The summed E-state index contributed by atoms with van der Waals surface area (Å²) in [5.74, 6) is -0.0152. The van der Waals surface area contributed by atoms with E-state index in [1.165, 1.54) is 31.4 Å². The fourth-order valence-electron chi connectivity index (χ4n) is 2.16. The Labute approximate surface area is 148 Å². The molecule has 140 valence electrons. The van der Waals surface area contributed by atoms with E-state index >= 15 is 0 Å². The highest BCUT2D eigenvalue weighted by Crippen LogP contribution is 2.32. The number of anilines is 1. The lowest BCUT2D eigenvalue weighted by Crippen LogP contribution is -2.38. The third kappa shape index (κ3) is 4.26. The molecule has 0 aliphatic heterocycles. The Hall–Kier alpha value is -2.75. The van der Waals surface area contributed by atoms with E-state index in [4.69, 9.17) is 15.9 Å². The maximum absolute atomic E-state index is 12.9. The van der Waals surface area contributed by atoms with Crippen LogP contribution in [0, 0.1) is 5.41 Å². The number of methoxy groups -OCH3 is 1. The number of benzene rings is 2. The Bertz CT molecular complexity index is 880. The van der Waals surface area contributed by atoms with Crippen LogP contribution in [0.4, 0.5) is 18.9 Å². The smallest absolute Gasteiger partial charge is 0.416 e. The van der Waals surface area contributed by atoms with Crippen molar-refractivity contribution < 1.29 is 26.3 Å². The first-order valence-electron chi connectivity index (χ1n) is 7.22. The molecule has 0 spiro atoms. The largest absolute Gasteiger partial charge is 0.497 e. The standard InChI is InChI=1S/C16H16F3N3O3S/c1-25-13-6-8-14(9-7-13)26(23,24)22(10-15(20)21)12-4-2-11(3-5-12)16(17,18)19/h2-9H,10H2,1H3,(H3,20,21). The molecular weight excluding hydrogens is 371 g/mol. The minimum atomic E-state index is -4.54. The molecule has 0 atom stereocenters. The third-order valence-corrected chi connectivity index (χ3v) is 5.23. The molecule has 26 heavy (non-hydrogen) atoms. The van der Waals surface area contributed by atoms with Crippen LogP contribution in [0.1, 0.15) is 5.56 Å². The van der Waals surface area contributed by atoms with Crippen molar-refractivity contribution in [3.05, 3.63) is 54.1 Å². The predicted molar refractivity (Wildman–Crippen MR) is 90.9 cm³/mol. The Morgan fingerprint density at radius 2 is 1.65 bits per heavy atom. The molecule has 0 fully saturated rings. The van der Waals surface area contributed by atoms with Crippen LogP contribution in [0.5, 0.6) is 5.75 Å². The Kier molecular flexibility index (Phi) is 5.45. The summed E-state index contributed by atoms with van der Waals surface area (Å²) in [6.45, 7) is -0.500. The predicted octanol–water partition coefficient (Wildman–Crippen LogP) is 2.85. The molecule has 6 nitrogen and oxygen atoms in total. The molecule has 0 amide bonds. The van der Waals surface area contributed by atoms with E-state index in [0.29, 0.717) is 5.75 Å². The van der Waals surface area contributed by atoms with Crippen LogP contribution in [0.25, 0.3) is 0 Å². The number of nitrogens with one attached hydrogen (secondary N) is 1. The van der Waals surface area contributed by atoms with E-state index in [1.807, 2.05) is 0 Å². The van der Waals surface area contributed by atoms with Gasteiger partial charge in [-0.25, -0.2) is 8.42 Å². The van der Waals surface area contributed by atoms with Crippen LogP contribution in [0.2, 0.25) is 0 Å². The fraction of sp³-hybridized carbons (Fsp3) is 0.188. The molecule has 10 heteroatoms. The lowest BCUT2D eigenvalue weighted by atomic mass is 10.2. The van der Waals surface area contributed by atoms with Gasteiger partial charge in [0.1, 0.15) is 11.6 Å². The summed E-state index contributed by atoms with van der Waals surface area (Å²) < 4.78 is 69.6. The van der Waals surface area contributed by atoms with Gasteiger partial charge in [-0.3, -0.25) is 9.71 Å². The first-order chi connectivity index (χ1) is 12.1. The maximum atomic E-state index is 12.9. The Balaban J connectivity index is 2.47. The van der Waals surface area contributed by atoms with Crippen LogP contribution in [0.3, 0.4) is 0 Å². The van der Waals surface area contributed by atoms with Crippen LogP contribution in [-0.4, -0.2) is 27.9 Å². The van der Waals surface area contributed by atoms with Crippen LogP contribution in [-0.2, 0) is 16.2 Å². The molecule has 0 aliphatic carbocycles. The number of hydrogen-bond acceptors (Lipinski definition) is 4. The monoisotopic (exact) mass is 387 g/mol. The van der Waals surface area contributed by atoms with E-state index in [-0.39, 0.29) is 10.6 Å². The van der Waals surface area contributed by atoms with Crippen LogP contribution in [0.15, 0.2) is 53.4 Å². The first-order valence-corrected chi connectivity index (χ1v) is 8.66. The molecule has 0 bridgehead atoms. The van der Waals surface area contributed by atoms with E-state index in [9.17, 15) is 21.6 Å². The summed E-state index contributed by atoms with van der Waals surface area (Å²) in [4.78, 5) is -0.112. The topological polar surface area (TPSA) is 96.5 Å². The van der Waals surface area contributed by atoms with Crippen molar-refractivity contribution in [2.45, 2.75) is 11.1 Å². The minimum absolute atomic E-state index is 0.0379. The van der Waals surface area contributed by atoms with Crippen LogP contribution < -0.4 is 14.8 Å². The Morgan fingerprint density at radius 3 is 2.08 bits per heavy atom. The van der Waals surface area contributed by atoms with Gasteiger partial charge < -0.3 is 10.5 Å². The number of amidine groups is 1. The SMILES string of the molecule is COc1ccc(S(=O)(=O)N(CC(=N)N)c2ccc(C(F)(F)F)cc2)cc1. The highest BCUT2D eigenvalue weighted by molar-refractivity contribution is 7.92. The maximum Gasteiger partial charge on any atom is 0.416 e. The van der Waals surface area contributed by atoms with Crippen molar-refractivity contribution in [3.8, 4) is 5.75 Å². The number of halogens is 3. The van der Waals surface area contributed by atoms with E-state index < -0.39 is 34.1 Å². The Morgan fingerprint density at radius 1 is 1.12 bits per heavy atom. The molecule has 2 aromatic carbocycles. The molecule has 0 aliphatic rings. The zero-order valence-electron chi connectivity index (χ0n) is 13.6. The highest BCUT2D eigenvalue weighted by Gasteiger charge is 2.31. The van der Waals surface area contributed by atoms with Gasteiger partial charge in [0.2, 0.25) is 0 Å². The van der Waals surface area contributed by atoms with Crippen molar-refractivity contribution >= 4 is 21.5 Å². The van der Waals surface area contributed by atoms with E-state index in [2.05, 4.69) is 0 Å². The van der Waals surface area contributed by atoms with Gasteiger partial charge in [-0.05, 0) is 48.5 Å². The highest BCUT2D eigenvalue weighted by atomic mass is 32.2.